The van der Waals surface area contributed by atoms with Gasteiger partial charge in [-0.3, -0.25) is 38.5 Å². The Kier molecular flexibility index (Phi) is 11.2. The molecule has 0 saturated carbocycles. The van der Waals surface area contributed by atoms with Crippen LogP contribution in [0.4, 0.5) is 0 Å². The van der Waals surface area contributed by atoms with Crippen LogP contribution in [0, 0.1) is 5.92 Å². The summed E-state index contributed by atoms with van der Waals surface area (Å²) in [5.74, 6) is -4.98. The van der Waals surface area contributed by atoms with Crippen molar-refractivity contribution in [3.8, 4) is 0 Å². The Morgan fingerprint density at radius 3 is 2.05 bits per heavy atom. The van der Waals surface area contributed by atoms with Crippen LogP contribution >= 0.6 is 0 Å². The van der Waals surface area contributed by atoms with Crippen LogP contribution < -0.4 is 16.6 Å². The zero-order valence-corrected chi connectivity index (χ0v) is 24.0. The summed E-state index contributed by atoms with van der Waals surface area (Å²) in [7, 11) is 0. The molecule has 236 valence electrons. The molecule has 0 spiro atoms. The number of aromatic amines is 2. The molecule has 2 fully saturated rings. The molecule has 3 N–H and O–H groups in total. The second-order valence-corrected chi connectivity index (χ2v) is 9.91. The third-order valence-electron chi connectivity index (χ3n) is 6.58. The maximum Gasteiger partial charge on any atom is 0.325 e. The van der Waals surface area contributed by atoms with E-state index in [2.05, 4.69) is 10.3 Å². The number of hydrogen-bond acceptors (Lipinski definition) is 13. The number of H-pyrrole nitrogens is 2. The van der Waals surface area contributed by atoms with Gasteiger partial charge in [0.2, 0.25) is 5.91 Å². The molecule has 1 aromatic rings. The van der Waals surface area contributed by atoms with E-state index in [9.17, 15) is 38.4 Å². The number of ether oxygens (including phenoxy) is 5. The van der Waals surface area contributed by atoms with Gasteiger partial charge in [-0.05, 0) is 19.8 Å². The molecule has 17 nitrogen and oxygen atoms in total. The number of nitrogens with zero attached hydrogens (tertiary/aromatic N) is 1. The van der Waals surface area contributed by atoms with Crippen LogP contribution in [0.2, 0.25) is 0 Å². The predicted octanol–water partition coefficient (Wildman–Crippen LogP) is -1.96. The maximum atomic E-state index is 13.8. The van der Waals surface area contributed by atoms with Gasteiger partial charge in [0.25, 0.3) is 11.5 Å². The number of carbonyl (C=O) groups is 6. The third-order valence-corrected chi connectivity index (χ3v) is 6.58. The van der Waals surface area contributed by atoms with Gasteiger partial charge in [0.1, 0.15) is 0 Å². The van der Waals surface area contributed by atoms with Crippen molar-refractivity contribution in [3.05, 3.63) is 32.6 Å². The summed E-state index contributed by atoms with van der Waals surface area (Å²) < 4.78 is 27.0. The monoisotopic (exact) mass is 610 g/mol. The van der Waals surface area contributed by atoms with E-state index in [4.69, 9.17) is 23.7 Å². The Labute approximate surface area is 244 Å². The van der Waals surface area contributed by atoms with Crippen molar-refractivity contribution < 1.29 is 52.5 Å². The largest absolute Gasteiger partial charge is 0.466 e. The predicted molar refractivity (Wildman–Crippen MR) is 141 cm³/mol. The van der Waals surface area contributed by atoms with E-state index in [0.717, 1.165) is 26.8 Å². The lowest BCUT2D eigenvalue weighted by Crippen LogP contribution is -2.68. The molecule has 0 bridgehead atoms. The standard InChI is InChI=1S/C26H34N4O13/c1-5-39-25(37)15-6-8-30(9-7-15)24(36)22-20(41-13(3)32)19(40-12(2)31)21(42-14(4)33)23(43-22)28-17(34)10-16-11-18(35)29-26(38)27-16/h11,15,19-23H,5-10H2,1-4H3,(H,28,34)(H2,27,29,35,38). The molecule has 0 aliphatic carbocycles. The van der Waals surface area contributed by atoms with E-state index in [1.807, 2.05) is 4.98 Å². The van der Waals surface area contributed by atoms with Crippen LogP contribution in [0.3, 0.4) is 0 Å². The Hall–Kier alpha value is -4.54. The summed E-state index contributed by atoms with van der Waals surface area (Å²) in [6, 6.07) is 0.983. The van der Waals surface area contributed by atoms with Crippen molar-refractivity contribution in [2.75, 3.05) is 19.7 Å². The lowest BCUT2D eigenvalue weighted by molar-refractivity contribution is -0.250. The summed E-state index contributed by atoms with van der Waals surface area (Å²) >= 11 is 0. The molecule has 0 aromatic carbocycles. The molecule has 5 atom stereocenters. The van der Waals surface area contributed by atoms with Gasteiger partial charge in [-0.15, -0.1) is 0 Å². The van der Waals surface area contributed by atoms with E-state index in [1.54, 1.807) is 6.92 Å². The van der Waals surface area contributed by atoms with Gasteiger partial charge < -0.3 is 38.9 Å². The van der Waals surface area contributed by atoms with Gasteiger partial charge in [-0.2, -0.15) is 0 Å². The van der Waals surface area contributed by atoms with Crippen molar-refractivity contribution in [2.24, 2.45) is 5.92 Å². The fraction of sp³-hybridized carbons (Fsp3) is 0.615. The fourth-order valence-corrected chi connectivity index (χ4v) is 4.90. The average Bonchev–Trinajstić information content (AvgIpc) is 2.90. The minimum Gasteiger partial charge on any atom is -0.466 e. The quantitative estimate of drug-likeness (QED) is 0.204. The number of hydrogen-bond donors (Lipinski definition) is 3. The molecule has 0 radical (unpaired) electrons. The lowest BCUT2D eigenvalue weighted by Gasteiger charge is -2.45. The van der Waals surface area contributed by atoms with Crippen LogP contribution in [0.25, 0.3) is 0 Å². The number of nitrogens with one attached hydrogen (secondary N) is 3. The molecule has 2 aliphatic rings. The summed E-state index contributed by atoms with van der Waals surface area (Å²) in [5, 5.41) is 2.43. The Balaban J connectivity index is 1.93. The van der Waals surface area contributed by atoms with Crippen molar-refractivity contribution in [3.63, 3.8) is 0 Å². The second-order valence-electron chi connectivity index (χ2n) is 9.91. The van der Waals surface area contributed by atoms with Crippen LogP contribution in [0.15, 0.2) is 15.7 Å². The van der Waals surface area contributed by atoms with Gasteiger partial charge in [0.15, 0.2) is 30.6 Å². The molecular formula is C26H34N4O13. The van der Waals surface area contributed by atoms with Crippen LogP contribution in [-0.2, 0) is 58.9 Å². The van der Waals surface area contributed by atoms with Crippen LogP contribution in [-0.4, -0.2) is 101 Å². The summed E-state index contributed by atoms with van der Waals surface area (Å²) in [6.07, 6.45) is -8.02. The number of rotatable bonds is 9. The molecule has 2 aliphatic heterocycles. The van der Waals surface area contributed by atoms with Gasteiger partial charge in [0.05, 0.1) is 18.9 Å². The highest BCUT2D eigenvalue weighted by atomic mass is 16.7. The minimum atomic E-state index is -1.65. The summed E-state index contributed by atoms with van der Waals surface area (Å²) in [5.41, 5.74) is -1.66. The highest BCUT2D eigenvalue weighted by Gasteiger charge is 2.55. The average molecular weight is 611 g/mol. The normalized spacial score (nSPS) is 23.9. The van der Waals surface area contributed by atoms with Gasteiger partial charge in [-0.25, -0.2) is 4.79 Å². The van der Waals surface area contributed by atoms with E-state index in [0.29, 0.717) is 0 Å². The molecule has 17 heteroatoms. The molecule has 3 heterocycles. The summed E-state index contributed by atoms with van der Waals surface area (Å²) in [6.45, 7) is 5.26. The van der Waals surface area contributed by atoms with E-state index < -0.39 is 84.0 Å². The second kappa shape index (κ2) is 14.6. The zero-order chi connectivity index (χ0) is 31.8. The summed E-state index contributed by atoms with van der Waals surface area (Å²) in [4.78, 5) is 104. The number of carbonyl (C=O) groups excluding carboxylic acids is 6. The Bertz CT molecular complexity index is 1320. The Morgan fingerprint density at radius 1 is 0.907 bits per heavy atom. The first-order valence-electron chi connectivity index (χ1n) is 13.5. The number of esters is 4. The van der Waals surface area contributed by atoms with E-state index in [1.165, 1.54) is 4.90 Å². The van der Waals surface area contributed by atoms with Crippen molar-refractivity contribution in [2.45, 2.75) is 77.6 Å². The molecule has 2 saturated heterocycles. The van der Waals surface area contributed by atoms with Crippen molar-refractivity contribution in [1.82, 2.24) is 20.2 Å². The van der Waals surface area contributed by atoms with Gasteiger partial charge in [-0.1, -0.05) is 0 Å². The maximum absolute atomic E-state index is 13.8. The van der Waals surface area contributed by atoms with E-state index >= 15 is 0 Å². The molecular weight excluding hydrogens is 576 g/mol. The number of likely N-dealkylation sites (tertiary alicyclic amines) is 1. The Morgan fingerprint density at radius 2 is 1.49 bits per heavy atom. The SMILES string of the molecule is CCOC(=O)C1CCN(C(=O)C2OC(NC(=O)Cc3cc(=O)[nH]c(=O)[nH]3)C(OC(C)=O)C(OC(C)=O)C2OC(C)=O)CC1. The lowest BCUT2D eigenvalue weighted by atomic mass is 9.93. The van der Waals surface area contributed by atoms with Gasteiger partial charge in [0, 0.05) is 45.6 Å². The number of piperidine rings is 1. The van der Waals surface area contributed by atoms with Crippen molar-refractivity contribution in [1.29, 1.82) is 0 Å². The first kappa shape index (κ1) is 33.0. The van der Waals surface area contributed by atoms with Crippen LogP contribution in [0.1, 0.15) is 46.2 Å². The van der Waals surface area contributed by atoms with E-state index in [-0.39, 0.29) is 44.2 Å². The molecule has 43 heavy (non-hydrogen) atoms. The topological polar surface area (TPSA) is 230 Å². The van der Waals surface area contributed by atoms with Crippen LogP contribution in [0.5, 0.6) is 0 Å². The zero-order valence-electron chi connectivity index (χ0n) is 24.0. The molecule has 1 aromatic heterocycles. The molecule has 5 unspecified atom stereocenters. The van der Waals surface area contributed by atoms with Gasteiger partial charge >= 0.3 is 29.6 Å². The highest BCUT2D eigenvalue weighted by Crippen LogP contribution is 2.30. The minimum absolute atomic E-state index is 0.0579. The fourth-order valence-electron chi connectivity index (χ4n) is 4.90. The first-order valence-corrected chi connectivity index (χ1v) is 13.5. The molecule has 3 rings (SSSR count). The first-order chi connectivity index (χ1) is 20.3. The smallest absolute Gasteiger partial charge is 0.325 e. The number of amides is 2. The molecule has 2 amide bonds. The van der Waals surface area contributed by atoms with Crippen molar-refractivity contribution >= 4 is 35.7 Å². The number of aromatic nitrogens is 2. The highest BCUT2D eigenvalue weighted by molar-refractivity contribution is 5.84. The third kappa shape index (κ3) is 8.97.